The van der Waals surface area contributed by atoms with Crippen LogP contribution in [0.3, 0.4) is 0 Å². The number of β-amino-alcohol motifs (C(OH)–C–C–N with tert-alkyl or cyclic N) is 1. The van der Waals surface area contributed by atoms with Crippen molar-refractivity contribution in [1.82, 2.24) is 14.9 Å². The van der Waals surface area contributed by atoms with E-state index >= 15 is 0 Å². The Labute approximate surface area is 197 Å². The van der Waals surface area contributed by atoms with Gasteiger partial charge in [-0.25, -0.2) is 18.2 Å². The molecule has 8 nitrogen and oxygen atoms in total. The second-order valence-electron chi connectivity index (χ2n) is 9.12. The van der Waals surface area contributed by atoms with E-state index < -0.39 is 46.8 Å². The lowest BCUT2D eigenvalue weighted by molar-refractivity contribution is 0.0934. The second kappa shape index (κ2) is 8.65. The third kappa shape index (κ3) is 4.25. The van der Waals surface area contributed by atoms with Crippen molar-refractivity contribution in [2.75, 3.05) is 11.4 Å². The number of benzene rings is 1. The molecule has 5 rings (SSSR count). The number of aromatic nitrogens is 2. The van der Waals surface area contributed by atoms with E-state index in [1.807, 2.05) is 6.92 Å². The predicted molar refractivity (Wildman–Crippen MR) is 121 cm³/mol. The van der Waals surface area contributed by atoms with Crippen LogP contribution in [0.1, 0.15) is 36.5 Å². The number of halogens is 3. The normalized spacial score (nSPS) is 20.9. The zero-order valence-corrected chi connectivity index (χ0v) is 18.7. The Morgan fingerprint density at radius 2 is 1.86 bits per heavy atom. The largest absolute Gasteiger partial charge is 0.391 e. The van der Waals surface area contributed by atoms with Gasteiger partial charge in [0.2, 0.25) is 5.43 Å². The van der Waals surface area contributed by atoms with Crippen LogP contribution in [0.15, 0.2) is 35.3 Å². The van der Waals surface area contributed by atoms with Gasteiger partial charge in [-0.1, -0.05) is 0 Å². The van der Waals surface area contributed by atoms with E-state index in [0.29, 0.717) is 18.1 Å². The predicted octanol–water partition coefficient (Wildman–Crippen LogP) is 2.22. The zero-order chi connectivity index (χ0) is 25.0. The van der Waals surface area contributed by atoms with Crippen molar-refractivity contribution in [3.8, 4) is 5.69 Å². The molecule has 3 N–H and O–H groups in total. The van der Waals surface area contributed by atoms with E-state index in [2.05, 4.69) is 10.3 Å². The summed E-state index contributed by atoms with van der Waals surface area (Å²) in [5.74, 6) is -3.89. The number of nitrogens with zero attached hydrogens (tertiary/aromatic N) is 3. The Bertz CT molecular complexity index is 1370. The van der Waals surface area contributed by atoms with Crippen LogP contribution < -0.4 is 15.6 Å². The van der Waals surface area contributed by atoms with Crippen molar-refractivity contribution < 1.29 is 28.2 Å². The van der Waals surface area contributed by atoms with Gasteiger partial charge in [-0.2, -0.15) is 0 Å². The van der Waals surface area contributed by atoms with Gasteiger partial charge in [-0.3, -0.25) is 14.2 Å². The molecule has 2 aromatic heterocycles. The molecule has 1 aliphatic carbocycles. The summed E-state index contributed by atoms with van der Waals surface area (Å²) in [6, 6.07) is 3.55. The first-order valence-corrected chi connectivity index (χ1v) is 11.3. The van der Waals surface area contributed by atoms with E-state index in [1.165, 1.54) is 17.0 Å². The molecule has 1 amide bonds. The monoisotopic (exact) mass is 488 g/mol. The molecule has 3 aromatic rings. The molecule has 1 aromatic carbocycles. The number of hydrogen-bond acceptors (Lipinski definition) is 6. The minimum atomic E-state index is -1.26. The summed E-state index contributed by atoms with van der Waals surface area (Å²) in [7, 11) is 0. The maximum absolute atomic E-state index is 14.8. The maximum atomic E-state index is 14.8. The molecule has 1 unspecified atom stereocenters. The Hall–Kier alpha value is -3.44. The van der Waals surface area contributed by atoms with Crippen LogP contribution in [0.4, 0.5) is 19.0 Å². The number of aliphatic hydroxyl groups is 2. The van der Waals surface area contributed by atoms with Crippen LogP contribution in [-0.2, 0) is 0 Å². The number of nitrogens with one attached hydrogen (secondary N) is 1. The van der Waals surface area contributed by atoms with Crippen molar-refractivity contribution >= 4 is 22.8 Å². The molecule has 35 heavy (non-hydrogen) atoms. The van der Waals surface area contributed by atoms with E-state index in [4.69, 9.17) is 0 Å². The van der Waals surface area contributed by atoms with Crippen molar-refractivity contribution in [2.24, 2.45) is 5.92 Å². The Morgan fingerprint density at radius 3 is 2.46 bits per heavy atom. The molecule has 1 saturated heterocycles. The molecule has 1 aliphatic heterocycles. The van der Waals surface area contributed by atoms with Gasteiger partial charge in [-0.15, -0.1) is 0 Å². The lowest BCUT2D eigenvalue weighted by atomic mass is 10.1. The van der Waals surface area contributed by atoms with Gasteiger partial charge < -0.3 is 20.4 Å². The van der Waals surface area contributed by atoms with Gasteiger partial charge >= 0.3 is 0 Å². The van der Waals surface area contributed by atoms with Gasteiger partial charge in [0.1, 0.15) is 29.1 Å². The van der Waals surface area contributed by atoms with Crippen LogP contribution in [-0.4, -0.2) is 50.6 Å². The summed E-state index contributed by atoms with van der Waals surface area (Å²) in [6.07, 6.45) is 1.12. The summed E-state index contributed by atoms with van der Waals surface area (Å²) in [4.78, 5) is 31.9. The third-order valence-electron chi connectivity index (χ3n) is 6.54. The third-order valence-corrected chi connectivity index (χ3v) is 6.54. The number of carbonyl (C=O) groups excluding carboxylic acids is 1. The Morgan fingerprint density at radius 1 is 1.17 bits per heavy atom. The van der Waals surface area contributed by atoms with Gasteiger partial charge in [0.25, 0.3) is 5.91 Å². The van der Waals surface area contributed by atoms with E-state index in [0.717, 1.165) is 23.6 Å². The molecule has 2 fully saturated rings. The molecular weight excluding hydrogens is 465 g/mol. The number of hydrogen-bond donors (Lipinski definition) is 3. The standard InChI is InChI=1S/C24H23F3N4O4/c1-11(12-2-3-12)28-24(35)16-10-31(21-17(26)6-13(25)7-18(21)27)23-15(22(16)34)4-5-19(29-23)30-9-14(32)8-20(30)33/h4-7,10-12,14,20,32-33H,2-3,8-9H2,1H3,(H,28,35)/t11-,14-,20?/m0/s1. The summed E-state index contributed by atoms with van der Waals surface area (Å²) >= 11 is 0. The molecule has 0 spiro atoms. The Kier molecular flexibility index (Phi) is 5.76. The minimum Gasteiger partial charge on any atom is -0.391 e. The summed E-state index contributed by atoms with van der Waals surface area (Å²) < 4.78 is 44.1. The fourth-order valence-corrected chi connectivity index (χ4v) is 4.49. The van der Waals surface area contributed by atoms with E-state index in [1.54, 1.807) is 0 Å². The van der Waals surface area contributed by atoms with Crippen LogP contribution >= 0.6 is 0 Å². The quantitative estimate of drug-likeness (QED) is 0.509. The molecule has 3 atom stereocenters. The molecule has 184 valence electrons. The van der Waals surface area contributed by atoms with Crippen molar-refractivity contribution in [2.45, 2.75) is 44.6 Å². The highest BCUT2D eigenvalue weighted by Crippen LogP contribution is 2.32. The molecule has 0 bridgehead atoms. The highest BCUT2D eigenvalue weighted by molar-refractivity contribution is 5.97. The van der Waals surface area contributed by atoms with Crippen LogP contribution in [0.25, 0.3) is 16.7 Å². The van der Waals surface area contributed by atoms with Gasteiger partial charge in [0, 0.05) is 37.3 Å². The van der Waals surface area contributed by atoms with Crippen LogP contribution in [0.2, 0.25) is 0 Å². The van der Waals surface area contributed by atoms with E-state index in [-0.39, 0.29) is 41.4 Å². The Balaban J connectivity index is 1.71. The maximum Gasteiger partial charge on any atom is 0.257 e. The van der Waals surface area contributed by atoms with Gasteiger partial charge in [0.05, 0.1) is 11.5 Å². The molecule has 1 saturated carbocycles. The first-order valence-electron chi connectivity index (χ1n) is 11.3. The number of carbonyl (C=O) groups is 1. The van der Waals surface area contributed by atoms with Crippen molar-refractivity contribution in [3.05, 3.63) is 63.7 Å². The van der Waals surface area contributed by atoms with Crippen molar-refractivity contribution in [1.29, 1.82) is 0 Å². The summed E-state index contributed by atoms with van der Waals surface area (Å²) in [6.45, 7) is 1.88. The summed E-state index contributed by atoms with van der Waals surface area (Å²) in [5.41, 5.74) is -1.95. The van der Waals surface area contributed by atoms with Crippen molar-refractivity contribution in [3.63, 3.8) is 0 Å². The number of pyridine rings is 2. The first-order chi connectivity index (χ1) is 16.6. The topological polar surface area (TPSA) is 108 Å². The smallest absolute Gasteiger partial charge is 0.257 e. The molecule has 2 aliphatic rings. The van der Waals surface area contributed by atoms with Gasteiger partial charge in [0.15, 0.2) is 17.3 Å². The number of anilines is 1. The average molecular weight is 488 g/mol. The van der Waals surface area contributed by atoms with Crippen LogP contribution in [0.5, 0.6) is 0 Å². The minimum absolute atomic E-state index is 0.0583. The molecular formula is C24H23F3N4O4. The number of aliphatic hydroxyl groups excluding tert-OH is 2. The lowest BCUT2D eigenvalue weighted by Gasteiger charge is -2.22. The number of amides is 1. The highest BCUT2D eigenvalue weighted by Gasteiger charge is 2.32. The molecule has 11 heteroatoms. The SMILES string of the molecule is C[C@H](NC(=O)c1cn(-c2c(F)cc(F)cc2F)c2nc(N3C[C@@H](O)CC3O)ccc2c1=O)C1CC1. The fraction of sp³-hybridized carbons (Fsp3) is 0.375. The lowest BCUT2D eigenvalue weighted by Crippen LogP contribution is -2.37. The highest BCUT2D eigenvalue weighted by atomic mass is 19.1. The number of rotatable bonds is 5. The van der Waals surface area contributed by atoms with Crippen LogP contribution in [0, 0.1) is 23.4 Å². The zero-order valence-electron chi connectivity index (χ0n) is 18.7. The molecule has 0 radical (unpaired) electrons. The first kappa shape index (κ1) is 23.3. The molecule has 3 heterocycles. The van der Waals surface area contributed by atoms with Gasteiger partial charge in [-0.05, 0) is 37.8 Å². The number of fused-ring (bicyclic) bond motifs is 1. The second-order valence-corrected chi connectivity index (χ2v) is 9.12. The average Bonchev–Trinajstić information content (AvgIpc) is 3.58. The fourth-order valence-electron chi connectivity index (χ4n) is 4.49. The van der Waals surface area contributed by atoms with E-state index in [9.17, 15) is 33.0 Å². The summed E-state index contributed by atoms with van der Waals surface area (Å²) in [5, 5.41) is 22.8.